The monoisotopic (exact) mass is 312 g/mol. The van der Waals surface area contributed by atoms with Crippen molar-refractivity contribution >= 4 is 38.9 Å². The molecule has 1 saturated heterocycles. The third-order valence-corrected chi connectivity index (χ3v) is 5.00. The second kappa shape index (κ2) is 6.16. The summed E-state index contributed by atoms with van der Waals surface area (Å²) >= 11 is 1.43. The molecule has 0 bridgehead atoms. The van der Waals surface area contributed by atoms with Crippen molar-refractivity contribution in [1.82, 2.24) is 9.88 Å². The second-order valence-corrected chi connectivity index (χ2v) is 7.24. The van der Waals surface area contributed by atoms with E-state index < -0.39 is 15.3 Å². The van der Waals surface area contributed by atoms with Gasteiger partial charge in [0.25, 0.3) is 0 Å². The molecule has 1 aliphatic rings. The number of thiazole rings is 1. The number of piperidine rings is 1. The van der Waals surface area contributed by atoms with E-state index in [1.807, 2.05) is 0 Å². The maximum absolute atomic E-state index is 11.3. The first-order valence-corrected chi connectivity index (χ1v) is 7.82. The van der Waals surface area contributed by atoms with Crippen LogP contribution in [-0.2, 0) is 16.6 Å². The van der Waals surface area contributed by atoms with E-state index in [2.05, 4.69) is 9.88 Å². The van der Waals surface area contributed by atoms with Crippen LogP contribution < -0.4 is 10.9 Å². The summed E-state index contributed by atoms with van der Waals surface area (Å²) in [5.41, 5.74) is 5.55. The molecule has 0 amide bonds. The summed E-state index contributed by atoms with van der Waals surface area (Å²) in [5.74, 6) is 0. The minimum Gasteiger partial charge on any atom is -0.375 e. The Kier molecular flexibility index (Phi) is 5.35. The SMILES string of the molecule is Cl.Nc1ncc(CN2CCCC(S(N)(=O)=O)C2)s1. The van der Waals surface area contributed by atoms with Gasteiger partial charge in [-0.2, -0.15) is 0 Å². The largest absolute Gasteiger partial charge is 0.375 e. The van der Waals surface area contributed by atoms with E-state index in [1.165, 1.54) is 11.3 Å². The average Bonchev–Trinajstić information content (AvgIpc) is 2.63. The van der Waals surface area contributed by atoms with E-state index in [4.69, 9.17) is 10.9 Å². The zero-order valence-corrected chi connectivity index (χ0v) is 12.2. The molecule has 1 aromatic heterocycles. The summed E-state index contributed by atoms with van der Waals surface area (Å²) in [7, 11) is -3.42. The lowest BCUT2D eigenvalue weighted by atomic mass is 10.1. The van der Waals surface area contributed by atoms with Gasteiger partial charge in [0.05, 0.1) is 5.25 Å². The van der Waals surface area contributed by atoms with Crippen LogP contribution in [0.2, 0.25) is 0 Å². The van der Waals surface area contributed by atoms with Crippen LogP contribution in [0.1, 0.15) is 17.7 Å². The molecule has 1 aliphatic heterocycles. The third-order valence-electron chi connectivity index (χ3n) is 2.88. The van der Waals surface area contributed by atoms with Crippen LogP contribution in [0.4, 0.5) is 5.13 Å². The van der Waals surface area contributed by atoms with Gasteiger partial charge in [0.2, 0.25) is 10.0 Å². The number of likely N-dealkylation sites (tertiary alicyclic amines) is 1. The molecular weight excluding hydrogens is 296 g/mol. The van der Waals surface area contributed by atoms with Crippen molar-refractivity contribution in [3.8, 4) is 0 Å². The van der Waals surface area contributed by atoms with E-state index in [0.717, 1.165) is 17.8 Å². The molecular formula is C9H17ClN4O2S2. The number of hydrogen-bond donors (Lipinski definition) is 2. The van der Waals surface area contributed by atoms with Crippen molar-refractivity contribution in [3.05, 3.63) is 11.1 Å². The molecule has 18 heavy (non-hydrogen) atoms. The number of primary sulfonamides is 1. The van der Waals surface area contributed by atoms with Crippen LogP contribution in [0.5, 0.6) is 0 Å². The lowest BCUT2D eigenvalue weighted by molar-refractivity contribution is 0.224. The van der Waals surface area contributed by atoms with E-state index in [0.29, 0.717) is 24.6 Å². The maximum atomic E-state index is 11.3. The number of halogens is 1. The molecule has 104 valence electrons. The Bertz CT molecular complexity index is 491. The Morgan fingerprint density at radius 2 is 2.28 bits per heavy atom. The molecule has 2 heterocycles. The van der Waals surface area contributed by atoms with Crippen LogP contribution in [-0.4, -0.2) is 36.6 Å². The Labute approximate surface area is 117 Å². The van der Waals surface area contributed by atoms with Gasteiger partial charge >= 0.3 is 0 Å². The zero-order valence-electron chi connectivity index (χ0n) is 9.78. The smallest absolute Gasteiger partial charge is 0.213 e. The number of sulfonamides is 1. The predicted octanol–water partition coefficient (Wildman–Crippen LogP) is 0.400. The van der Waals surface area contributed by atoms with Crippen LogP contribution in [0.3, 0.4) is 0 Å². The molecule has 1 atom stereocenters. The predicted molar refractivity (Wildman–Crippen MR) is 75.2 cm³/mol. The van der Waals surface area contributed by atoms with Gasteiger partial charge in [0.15, 0.2) is 5.13 Å². The van der Waals surface area contributed by atoms with E-state index in [-0.39, 0.29) is 12.4 Å². The summed E-state index contributed by atoms with van der Waals surface area (Å²) < 4.78 is 22.6. The highest BCUT2D eigenvalue weighted by Crippen LogP contribution is 2.21. The zero-order chi connectivity index (χ0) is 12.5. The number of hydrogen-bond acceptors (Lipinski definition) is 6. The normalized spacial score (nSPS) is 21.5. The molecule has 1 fully saturated rings. The lowest BCUT2D eigenvalue weighted by Gasteiger charge is -2.30. The highest BCUT2D eigenvalue weighted by molar-refractivity contribution is 7.89. The Hall–Kier alpha value is -0.410. The van der Waals surface area contributed by atoms with E-state index in [9.17, 15) is 8.42 Å². The van der Waals surface area contributed by atoms with Crippen LogP contribution >= 0.6 is 23.7 Å². The summed E-state index contributed by atoms with van der Waals surface area (Å²) in [4.78, 5) is 7.12. The minimum absolute atomic E-state index is 0. The second-order valence-electron chi connectivity index (χ2n) is 4.25. The molecule has 0 spiro atoms. The fourth-order valence-corrected chi connectivity index (χ4v) is 3.68. The van der Waals surface area contributed by atoms with Crippen LogP contribution in [0.15, 0.2) is 6.20 Å². The van der Waals surface area contributed by atoms with Crippen LogP contribution in [0, 0.1) is 0 Å². The molecule has 0 radical (unpaired) electrons. The number of rotatable bonds is 3. The van der Waals surface area contributed by atoms with Gasteiger partial charge in [0, 0.05) is 24.2 Å². The van der Waals surface area contributed by atoms with Gasteiger partial charge in [0.1, 0.15) is 0 Å². The van der Waals surface area contributed by atoms with Crippen LogP contribution in [0.25, 0.3) is 0 Å². The summed E-state index contributed by atoms with van der Waals surface area (Å²) in [5, 5.41) is 5.28. The fraction of sp³-hybridized carbons (Fsp3) is 0.667. The highest BCUT2D eigenvalue weighted by Gasteiger charge is 2.28. The standard InChI is InChI=1S/C9H16N4O2S2.ClH/c10-9-12-4-7(16-9)5-13-3-1-2-8(6-13)17(11,14)15;/h4,8H,1-3,5-6H2,(H2,10,12)(H2,11,14,15);1H. The molecule has 9 heteroatoms. The summed E-state index contributed by atoms with van der Waals surface area (Å²) in [6.07, 6.45) is 3.25. The molecule has 0 aliphatic carbocycles. The summed E-state index contributed by atoms with van der Waals surface area (Å²) in [6, 6.07) is 0. The molecule has 0 saturated carbocycles. The number of aromatic nitrogens is 1. The first kappa shape index (κ1) is 15.6. The molecule has 6 nitrogen and oxygen atoms in total. The lowest BCUT2D eigenvalue weighted by Crippen LogP contribution is -2.44. The fourth-order valence-electron chi connectivity index (χ4n) is 2.04. The molecule has 0 aromatic carbocycles. The highest BCUT2D eigenvalue weighted by atomic mass is 35.5. The van der Waals surface area contributed by atoms with Crippen molar-refractivity contribution in [2.75, 3.05) is 18.8 Å². The molecule has 4 N–H and O–H groups in total. The minimum atomic E-state index is -3.42. The number of nitrogens with two attached hydrogens (primary N) is 2. The number of nitrogens with zero attached hydrogens (tertiary/aromatic N) is 2. The Balaban J connectivity index is 0.00000162. The number of nitrogen functional groups attached to an aromatic ring is 1. The first-order valence-electron chi connectivity index (χ1n) is 5.39. The first-order chi connectivity index (χ1) is 7.95. The summed E-state index contributed by atoms with van der Waals surface area (Å²) in [6.45, 7) is 2.08. The molecule has 1 unspecified atom stereocenters. The van der Waals surface area contributed by atoms with Crippen molar-refractivity contribution in [2.24, 2.45) is 5.14 Å². The van der Waals surface area contributed by atoms with Gasteiger partial charge in [-0.25, -0.2) is 18.5 Å². The number of anilines is 1. The van der Waals surface area contributed by atoms with Gasteiger partial charge in [-0.05, 0) is 19.4 Å². The molecule has 1 aromatic rings. The van der Waals surface area contributed by atoms with Gasteiger partial charge in [-0.15, -0.1) is 23.7 Å². The van der Waals surface area contributed by atoms with Gasteiger partial charge < -0.3 is 5.73 Å². The van der Waals surface area contributed by atoms with Gasteiger partial charge in [-0.1, -0.05) is 0 Å². The van der Waals surface area contributed by atoms with Crippen molar-refractivity contribution in [1.29, 1.82) is 0 Å². The average molecular weight is 313 g/mol. The van der Waals surface area contributed by atoms with Gasteiger partial charge in [-0.3, -0.25) is 4.90 Å². The Morgan fingerprint density at radius 1 is 1.56 bits per heavy atom. The third kappa shape index (κ3) is 4.06. The topological polar surface area (TPSA) is 102 Å². The van der Waals surface area contributed by atoms with E-state index >= 15 is 0 Å². The Morgan fingerprint density at radius 3 is 2.83 bits per heavy atom. The van der Waals surface area contributed by atoms with Crippen molar-refractivity contribution < 1.29 is 8.42 Å². The molecule has 2 rings (SSSR count). The van der Waals surface area contributed by atoms with E-state index in [1.54, 1.807) is 6.20 Å². The maximum Gasteiger partial charge on any atom is 0.213 e. The van der Waals surface area contributed by atoms with Crippen molar-refractivity contribution in [2.45, 2.75) is 24.6 Å². The quantitative estimate of drug-likeness (QED) is 0.841. The van der Waals surface area contributed by atoms with Crippen molar-refractivity contribution in [3.63, 3.8) is 0 Å².